The molecule has 0 fully saturated rings. The van der Waals surface area contributed by atoms with Crippen molar-refractivity contribution in [2.24, 2.45) is 0 Å². The van der Waals surface area contributed by atoms with Crippen molar-refractivity contribution in [3.05, 3.63) is 211 Å². The largest absolute Gasteiger partial charge is 0.309 e. The summed E-state index contributed by atoms with van der Waals surface area (Å²) in [5.74, 6) is 0.268. The summed E-state index contributed by atoms with van der Waals surface area (Å²) in [6.07, 6.45) is 1.01. The number of aromatic nitrogens is 1. The number of hydrogen-bond donors (Lipinski definition) is 0. The van der Waals surface area contributed by atoms with Crippen LogP contribution in [-0.4, -0.2) is 4.57 Å². The van der Waals surface area contributed by atoms with Crippen LogP contribution in [0.4, 0.5) is 0 Å². The summed E-state index contributed by atoms with van der Waals surface area (Å²) in [5.41, 5.74) is 15.4. The summed E-state index contributed by atoms with van der Waals surface area (Å²) in [7, 11) is 0. The lowest BCUT2D eigenvalue weighted by Crippen LogP contribution is -2.03. The number of aryl methyl sites for hydroxylation is 1. The fraction of sp³-hybridized carbons (Fsp3) is 0.0690. The minimum atomic E-state index is 0.268. The standard InChI is InChI=1S/C58H41NS/c1-3-42(39-19-14-18-38(32-39)37-16-6-4-7-17-37)44-22-10-11-23-45(44)49-33-40(29-28-36(49)2)43-30-31-48-51-35-54-52(34-50(51)47-25-15-27-55-56(47)57(48)58(43)60-55)46-24-12-13-26-53(46)59(54)41-20-8-5-9-21-41/h4-35,42H,3H2,1-2H3. The van der Waals surface area contributed by atoms with Gasteiger partial charge in [0.1, 0.15) is 0 Å². The molecule has 0 amide bonds. The van der Waals surface area contributed by atoms with Crippen molar-refractivity contribution in [1.82, 2.24) is 4.57 Å². The maximum absolute atomic E-state index is 2.47. The molecule has 0 saturated carbocycles. The molecule has 0 aliphatic carbocycles. The first-order valence-electron chi connectivity index (χ1n) is 21.1. The second kappa shape index (κ2) is 13.8. The van der Waals surface area contributed by atoms with E-state index in [9.17, 15) is 0 Å². The summed E-state index contributed by atoms with van der Waals surface area (Å²) in [5, 5.41) is 10.6. The summed E-state index contributed by atoms with van der Waals surface area (Å²) >= 11 is 1.94. The molecule has 12 aromatic rings. The van der Waals surface area contributed by atoms with Crippen LogP contribution >= 0.6 is 11.3 Å². The van der Waals surface area contributed by atoms with E-state index in [0.29, 0.717) is 0 Å². The minimum Gasteiger partial charge on any atom is -0.309 e. The van der Waals surface area contributed by atoms with Crippen LogP contribution in [0.1, 0.15) is 36.0 Å². The summed E-state index contributed by atoms with van der Waals surface area (Å²) < 4.78 is 5.14. The molecule has 0 saturated heterocycles. The van der Waals surface area contributed by atoms with Gasteiger partial charge in [0.15, 0.2) is 0 Å². The Morgan fingerprint density at radius 3 is 2.03 bits per heavy atom. The summed E-state index contributed by atoms with van der Waals surface area (Å²) in [4.78, 5) is 0. The SMILES string of the molecule is CCC(c1cccc(-c2ccccc2)c1)c1ccccc1-c1cc(-c2ccc3c4cc5c(cc4c4cccc6sc2c3c64)c2ccccc2n5-c2ccccc2)ccc1C. The van der Waals surface area contributed by atoms with Crippen molar-refractivity contribution < 1.29 is 0 Å². The van der Waals surface area contributed by atoms with E-state index in [1.54, 1.807) is 0 Å². The second-order valence-electron chi connectivity index (χ2n) is 16.3. The van der Waals surface area contributed by atoms with Gasteiger partial charge in [0.25, 0.3) is 0 Å². The number of para-hydroxylation sites is 2. The predicted octanol–water partition coefficient (Wildman–Crippen LogP) is 16.7. The number of thiophene rings is 1. The van der Waals surface area contributed by atoms with Gasteiger partial charge in [-0.1, -0.05) is 159 Å². The molecule has 1 unspecified atom stereocenters. The van der Waals surface area contributed by atoms with Gasteiger partial charge in [-0.05, 0) is 127 Å². The molecule has 0 radical (unpaired) electrons. The van der Waals surface area contributed by atoms with Crippen LogP contribution in [0.2, 0.25) is 0 Å². The first-order valence-corrected chi connectivity index (χ1v) is 21.9. The van der Waals surface area contributed by atoms with Gasteiger partial charge in [0.05, 0.1) is 11.0 Å². The lowest BCUT2D eigenvalue weighted by molar-refractivity contribution is 0.779. The number of fused-ring (bicyclic) bond motifs is 6. The molecule has 1 nitrogen and oxygen atoms in total. The number of rotatable bonds is 7. The molecule has 284 valence electrons. The lowest BCUT2D eigenvalue weighted by Gasteiger charge is -2.22. The molecule has 12 rings (SSSR count). The van der Waals surface area contributed by atoms with Gasteiger partial charge in [0.2, 0.25) is 0 Å². The molecular weight excluding hydrogens is 743 g/mol. The number of benzene rings is 10. The Kier molecular flexibility index (Phi) is 8.05. The third-order valence-corrected chi connectivity index (χ3v) is 14.2. The van der Waals surface area contributed by atoms with Crippen LogP contribution in [0, 0.1) is 6.92 Å². The quantitative estimate of drug-likeness (QED) is 0.142. The van der Waals surface area contributed by atoms with Gasteiger partial charge in [-0.25, -0.2) is 0 Å². The average Bonchev–Trinajstić information content (AvgIpc) is 3.86. The van der Waals surface area contributed by atoms with Crippen molar-refractivity contribution >= 4 is 74.9 Å². The predicted molar refractivity (Wildman–Crippen MR) is 259 cm³/mol. The van der Waals surface area contributed by atoms with Gasteiger partial charge < -0.3 is 4.57 Å². The van der Waals surface area contributed by atoms with E-state index in [1.165, 1.54) is 119 Å². The van der Waals surface area contributed by atoms with Gasteiger partial charge in [-0.15, -0.1) is 11.3 Å². The molecule has 2 aromatic heterocycles. The molecule has 0 bridgehead atoms. The van der Waals surface area contributed by atoms with Crippen LogP contribution in [-0.2, 0) is 0 Å². The molecular formula is C58H41NS. The molecule has 0 aliphatic heterocycles. The third-order valence-electron chi connectivity index (χ3n) is 13.0. The van der Waals surface area contributed by atoms with Crippen LogP contribution in [0.15, 0.2) is 194 Å². The maximum Gasteiger partial charge on any atom is 0.0547 e. The molecule has 60 heavy (non-hydrogen) atoms. The third kappa shape index (κ3) is 5.31. The van der Waals surface area contributed by atoms with E-state index in [4.69, 9.17) is 0 Å². The van der Waals surface area contributed by atoms with Gasteiger partial charge in [0, 0.05) is 42.6 Å². The van der Waals surface area contributed by atoms with Crippen LogP contribution in [0.25, 0.3) is 103 Å². The highest BCUT2D eigenvalue weighted by Gasteiger charge is 2.23. The van der Waals surface area contributed by atoms with Crippen molar-refractivity contribution in [3.63, 3.8) is 0 Å². The maximum atomic E-state index is 2.47. The Bertz CT molecular complexity index is 3590. The zero-order valence-electron chi connectivity index (χ0n) is 33.6. The number of hydrogen-bond acceptors (Lipinski definition) is 1. The molecule has 2 heteroatoms. The Morgan fingerprint density at radius 1 is 0.450 bits per heavy atom. The van der Waals surface area contributed by atoms with Crippen molar-refractivity contribution in [3.8, 4) is 39.1 Å². The molecule has 10 aromatic carbocycles. The second-order valence-corrected chi connectivity index (χ2v) is 17.4. The zero-order chi connectivity index (χ0) is 39.9. The van der Waals surface area contributed by atoms with Crippen molar-refractivity contribution in [1.29, 1.82) is 0 Å². The molecule has 2 heterocycles. The first-order chi connectivity index (χ1) is 29.6. The normalized spacial score (nSPS) is 12.5. The van der Waals surface area contributed by atoms with Gasteiger partial charge in [-0.2, -0.15) is 0 Å². The van der Waals surface area contributed by atoms with Crippen LogP contribution in [0.3, 0.4) is 0 Å². The Balaban J connectivity index is 1.04. The van der Waals surface area contributed by atoms with E-state index in [0.717, 1.165) is 6.42 Å². The lowest BCUT2D eigenvalue weighted by atomic mass is 9.82. The molecule has 0 aliphatic rings. The van der Waals surface area contributed by atoms with E-state index >= 15 is 0 Å². The molecule has 0 N–H and O–H groups in total. The summed E-state index contributed by atoms with van der Waals surface area (Å²) in [6.45, 7) is 4.59. The number of nitrogens with zero attached hydrogens (tertiary/aromatic N) is 1. The van der Waals surface area contributed by atoms with E-state index in [-0.39, 0.29) is 5.92 Å². The van der Waals surface area contributed by atoms with Gasteiger partial charge >= 0.3 is 0 Å². The smallest absolute Gasteiger partial charge is 0.0547 e. The Morgan fingerprint density at radius 2 is 1.17 bits per heavy atom. The fourth-order valence-electron chi connectivity index (χ4n) is 10.2. The van der Waals surface area contributed by atoms with Crippen molar-refractivity contribution in [2.45, 2.75) is 26.2 Å². The van der Waals surface area contributed by atoms with E-state index in [1.807, 2.05) is 11.3 Å². The monoisotopic (exact) mass is 783 g/mol. The van der Waals surface area contributed by atoms with Crippen LogP contribution in [0.5, 0.6) is 0 Å². The highest BCUT2D eigenvalue weighted by Crippen LogP contribution is 2.50. The molecule has 1 atom stereocenters. The van der Waals surface area contributed by atoms with E-state index < -0.39 is 0 Å². The summed E-state index contributed by atoms with van der Waals surface area (Å²) in [6, 6.07) is 72.4. The molecule has 0 spiro atoms. The Hall–Kier alpha value is -7.00. The first kappa shape index (κ1) is 35.0. The average molecular weight is 784 g/mol. The van der Waals surface area contributed by atoms with Crippen LogP contribution < -0.4 is 0 Å². The highest BCUT2D eigenvalue weighted by atomic mass is 32.1. The topological polar surface area (TPSA) is 4.93 Å². The fourth-order valence-corrected chi connectivity index (χ4v) is 11.5. The zero-order valence-corrected chi connectivity index (χ0v) is 34.4. The highest BCUT2D eigenvalue weighted by molar-refractivity contribution is 7.26. The van der Waals surface area contributed by atoms with Gasteiger partial charge in [-0.3, -0.25) is 0 Å². The van der Waals surface area contributed by atoms with E-state index in [2.05, 4.69) is 213 Å². The minimum absolute atomic E-state index is 0.268. The Labute approximate surface area is 353 Å². The van der Waals surface area contributed by atoms with Crippen molar-refractivity contribution in [2.75, 3.05) is 0 Å².